The van der Waals surface area contributed by atoms with Crippen LogP contribution >= 0.6 is 11.6 Å². The van der Waals surface area contributed by atoms with Crippen molar-refractivity contribution < 1.29 is 24.9 Å². The second-order valence-electron chi connectivity index (χ2n) is 4.43. The van der Waals surface area contributed by atoms with Crippen molar-refractivity contribution in [3.8, 4) is 0 Å². The van der Waals surface area contributed by atoms with Crippen LogP contribution in [0, 0.1) is 0 Å². The summed E-state index contributed by atoms with van der Waals surface area (Å²) in [5.74, 6) is -0.0704. The van der Waals surface area contributed by atoms with E-state index in [0.29, 0.717) is 0 Å². The summed E-state index contributed by atoms with van der Waals surface area (Å²) >= 11 is 5.87. The predicted octanol–water partition coefficient (Wildman–Crippen LogP) is -2.07. The number of nitrogens with two attached hydrogens (primary N) is 1. The number of nitrogen functional groups attached to an aromatic ring is 1. The van der Waals surface area contributed by atoms with Crippen LogP contribution < -0.4 is 10.6 Å². The Kier molecular flexibility index (Phi) is 3.55. The number of halogens is 1. The third kappa shape index (κ3) is 2.36. The first-order valence-corrected chi connectivity index (χ1v) is 6.34. The molecule has 1 aliphatic rings. The Morgan fingerprint density at radius 1 is 1.38 bits per heavy atom. The molecule has 114 valence electrons. The molecule has 21 heavy (non-hydrogen) atoms. The molecule has 3 heterocycles. The lowest BCUT2D eigenvalue weighted by atomic mass is 10.1. The molecule has 0 amide bonds. The minimum Gasteiger partial charge on any atom is -0.394 e. The third-order valence-electron chi connectivity index (χ3n) is 3.06. The maximum Gasteiger partial charge on any atom is 0.254 e. The number of aromatic nitrogens is 4. The Bertz CT molecular complexity index is 667. The van der Waals surface area contributed by atoms with Crippen LogP contribution in [0.5, 0.6) is 0 Å². The first kappa shape index (κ1) is 14.2. The molecule has 3 rings (SSSR count). The minimum atomic E-state index is -1.34. The molecule has 0 radical (unpaired) electrons. The molecule has 1 fully saturated rings. The smallest absolute Gasteiger partial charge is 0.254 e. The summed E-state index contributed by atoms with van der Waals surface area (Å²) < 4.78 is 6.29. The zero-order valence-corrected chi connectivity index (χ0v) is 11.3. The highest BCUT2D eigenvalue weighted by Crippen LogP contribution is 2.23. The van der Waals surface area contributed by atoms with Crippen molar-refractivity contribution >= 4 is 28.7 Å². The highest BCUT2D eigenvalue weighted by Gasteiger charge is 2.44. The number of hydrogen-bond donors (Lipinski definition) is 4. The summed E-state index contributed by atoms with van der Waals surface area (Å²) in [4.78, 5) is 17.0. The fourth-order valence-electron chi connectivity index (χ4n) is 2.00. The van der Waals surface area contributed by atoms with Crippen LogP contribution in [0.25, 0.3) is 11.2 Å². The Morgan fingerprint density at radius 3 is 2.81 bits per heavy atom. The molecule has 4 atom stereocenters. The van der Waals surface area contributed by atoms with Crippen molar-refractivity contribution in [1.29, 1.82) is 0 Å². The van der Waals surface area contributed by atoms with E-state index >= 15 is 0 Å². The molecule has 5 N–H and O–H groups in total. The fourth-order valence-corrected chi connectivity index (χ4v) is 2.22. The van der Waals surface area contributed by atoms with Gasteiger partial charge in [0, 0.05) is 0 Å². The zero-order chi connectivity index (χ0) is 15.1. The molecule has 0 spiro atoms. The summed E-state index contributed by atoms with van der Waals surface area (Å²) in [6, 6.07) is 0. The van der Waals surface area contributed by atoms with Crippen molar-refractivity contribution in [1.82, 2.24) is 19.7 Å². The van der Waals surface area contributed by atoms with Gasteiger partial charge >= 0.3 is 0 Å². The maximum absolute atomic E-state index is 9.81. The lowest BCUT2D eigenvalue weighted by Crippen LogP contribution is -2.38. The number of aliphatic hydroxyl groups excluding tert-OH is 3. The Balaban J connectivity index is 1.89. The molecule has 0 aliphatic carbocycles. The van der Waals surface area contributed by atoms with Gasteiger partial charge in [0.2, 0.25) is 11.6 Å². The largest absolute Gasteiger partial charge is 0.394 e. The van der Waals surface area contributed by atoms with Crippen LogP contribution in [0.4, 0.5) is 5.95 Å². The number of hydrogen-bond acceptors (Lipinski definition) is 9. The van der Waals surface area contributed by atoms with E-state index in [0.717, 1.165) is 4.73 Å². The van der Waals surface area contributed by atoms with Gasteiger partial charge in [0.25, 0.3) is 6.29 Å². The van der Waals surface area contributed by atoms with Gasteiger partial charge in [-0.1, -0.05) is 11.6 Å². The van der Waals surface area contributed by atoms with E-state index in [9.17, 15) is 10.2 Å². The number of imidazole rings is 1. The van der Waals surface area contributed by atoms with Gasteiger partial charge in [0.1, 0.15) is 30.2 Å². The van der Waals surface area contributed by atoms with Crippen molar-refractivity contribution in [3.63, 3.8) is 0 Å². The normalized spacial score (nSPS) is 29.1. The van der Waals surface area contributed by atoms with Crippen LogP contribution in [0.3, 0.4) is 0 Å². The molecule has 0 aromatic carbocycles. The molecule has 10 nitrogen and oxygen atoms in total. The molecule has 1 saturated heterocycles. The SMILES string of the molecule is Nc1nc(Cl)c2ncn(OC3O[C@H](CO)[C@@H](O)[C@H]3O)c2n1. The number of rotatable bonds is 3. The summed E-state index contributed by atoms with van der Waals surface area (Å²) in [7, 11) is 0. The second kappa shape index (κ2) is 5.24. The lowest BCUT2D eigenvalue weighted by molar-refractivity contribution is -0.169. The van der Waals surface area contributed by atoms with Crippen LogP contribution in [-0.4, -0.2) is 66.2 Å². The average Bonchev–Trinajstić information content (AvgIpc) is 2.96. The summed E-state index contributed by atoms with van der Waals surface area (Å²) in [6.45, 7) is -0.455. The highest BCUT2D eigenvalue weighted by atomic mass is 35.5. The van der Waals surface area contributed by atoms with Gasteiger partial charge in [-0.2, -0.15) is 9.97 Å². The van der Waals surface area contributed by atoms with Gasteiger partial charge in [-0.05, 0) is 0 Å². The number of anilines is 1. The van der Waals surface area contributed by atoms with Gasteiger partial charge < -0.3 is 30.6 Å². The first-order valence-electron chi connectivity index (χ1n) is 5.97. The van der Waals surface area contributed by atoms with E-state index in [1.165, 1.54) is 6.33 Å². The lowest BCUT2D eigenvalue weighted by Gasteiger charge is -2.16. The predicted molar refractivity (Wildman–Crippen MR) is 69.1 cm³/mol. The van der Waals surface area contributed by atoms with E-state index in [2.05, 4.69) is 15.0 Å². The van der Waals surface area contributed by atoms with Gasteiger partial charge in [0.05, 0.1) is 6.61 Å². The summed E-state index contributed by atoms with van der Waals surface area (Å²) in [6.07, 6.45) is -3.50. The topological polar surface area (TPSA) is 149 Å². The molecule has 1 aliphatic heterocycles. The van der Waals surface area contributed by atoms with Gasteiger partial charge in [-0.25, -0.2) is 4.98 Å². The quantitative estimate of drug-likeness (QED) is 0.468. The van der Waals surface area contributed by atoms with E-state index < -0.39 is 31.2 Å². The average molecular weight is 318 g/mol. The molecule has 11 heteroatoms. The fraction of sp³-hybridized carbons (Fsp3) is 0.500. The van der Waals surface area contributed by atoms with Crippen molar-refractivity contribution in [2.75, 3.05) is 12.3 Å². The molecule has 0 bridgehead atoms. The van der Waals surface area contributed by atoms with Crippen molar-refractivity contribution in [2.45, 2.75) is 24.6 Å². The number of aliphatic hydroxyl groups is 3. The Morgan fingerprint density at radius 2 is 2.14 bits per heavy atom. The molecule has 0 saturated carbocycles. The first-order chi connectivity index (χ1) is 10.0. The van der Waals surface area contributed by atoms with Crippen molar-refractivity contribution in [3.05, 3.63) is 11.5 Å². The molecule has 1 unspecified atom stereocenters. The maximum atomic E-state index is 9.81. The van der Waals surface area contributed by atoms with Gasteiger partial charge in [0.15, 0.2) is 5.15 Å². The molecular formula is C10H12ClN5O5. The molecule has 2 aromatic heterocycles. The van der Waals surface area contributed by atoms with Crippen LogP contribution in [0.2, 0.25) is 5.15 Å². The van der Waals surface area contributed by atoms with Crippen LogP contribution in [0.15, 0.2) is 6.33 Å². The van der Waals surface area contributed by atoms with E-state index in [-0.39, 0.29) is 22.3 Å². The molecular weight excluding hydrogens is 306 g/mol. The number of nitrogens with zero attached hydrogens (tertiary/aromatic N) is 4. The second-order valence-corrected chi connectivity index (χ2v) is 4.79. The van der Waals surface area contributed by atoms with Gasteiger partial charge in [-0.3, -0.25) is 0 Å². The monoisotopic (exact) mass is 317 g/mol. The van der Waals surface area contributed by atoms with E-state index in [4.69, 9.17) is 32.0 Å². The Labute approximate surface area is 122 Å². The summed E-state index contributed by atoms with van der Waals surface area (Å²) in [5.41, 5.74) is 5.94. The van der Waals surface area contributed by atoms with Gasteiger partial charge in [-0.15, -0.1) is 4.73 Å². The number of fused-ring (bicyclic) bond motifs is 1. The van der Waals surface area contributed by atoms with E-state index in [1.54, 1.807) is 0 Å². The standard InChI is InChI=1S/C10H12ClN5O5/c11-7-4-8(15-10(12)14-7)16(2-13-4)21-9-6(19)5(18)3(1-17)20-9/h2-3,5-6,9,17-19H,1H2,(H2,12,14,15)/t3-,5-,6-,9?/m1/s1. The molecule has 2 aromatic rings. The zero-order valence-electron chi connectivity index (χ0n) is 10.5. The third-order valence-corrected chi connectivity index (χ3v) is 3.32. The van der Waals surface area contributed by atoms with E-state index in [1.807, 2.05) is 0 Å². The summed E-state index contributed by atoms with van der Waals surface area (Å²) in [5, 5.41) is 28.5. The number of ether oxygens (including phenoxy) is 1. The Hall–Kier alpha value is -1.72. The van der Waals surface area contributed by atoms with Crippen LogP contribution in [0.1, 0.15) is 0 Å². The minimum absolute atomic E-state index is 0.0565. The highest BCUT2D eigenvalue weighted by molar-refractivity contribution is 6.33. The van der Waals surface area contributed by atoms with Crippen LogP contribution in [-0.2, 0) is 4.74 Å². The van der Waals surface area contributed by atoms with Crippen molar-refractivity contribution in [2.24, 2.45) is 0 Å².